The van der Waals surface area contributed by atoms with Gasteiger partial charge in [0.1, 0.15) is 29.8 Å². The number of nitriles is 1. The van der Waals surface area contributed by atoms with E-state index in [0.717, 1.165) is 0 Å². The van der Waals surface area contributed by atoms with Crippen LogP contribution < -0.4 is 15.2 Å². The topological polar surface area (TPSA) is 94.6 Å². The quantitative estimate of drug-likeness (QED) is 0.487. The zero-order valence-corrected chi connectivity index (χ0v) is 20.1. The molecular weight excluding hydrogens is 538 g/mol. The van der Waals surface area contributed by atoms with E-state index in [1.54, 1.807) is 24.3 Å². The van der Waals surface area contributed by atoms with Gasteiger partial charge in [-0.2, -0.15) is 5.26 Å². The lowest BCUT2D eigenvalue weighted by Crippen LogP contribution is -2.27. The highest BCUT2D eigenvalue weighted by Gasteiger charge is 2.38. The fourth-order valence-electron chi connectivity index (χ4n) is 4.11. The summed E-state index contributed by atoms with van der Waals surface area (Å²) < 4.78 is 32.2. The third-order valence-electron chi connectivity index (χ3n) is 5.60. The Labute approximate surface area is 205 Å². The second-order valence-electron chi connectivity index (χ2n) is 7.68. The van der Waals surface area contributed by atoms with Crippen molar-refractivity contribution >= 4 is 28.4 Å². The first kappa shape index (κ1) is 23.1. The number of ether oxygens (including phenoxy) is 3. The maximum absolute atomic E-state index is 14.1. The minimum absolute atomic E-state index is 0.0174. The maximum Gasteiger partial charge on any atom is 0.205 e. The molecule has 4 rings (SSSR count). The molecule has 1 aliphatic heterocycles. The SMILES string of the molecule is CCOc1cc([C@H]2C(C#N)=C(N)OC3=C2C(=O)CCC3)cc(I)c1OCc1ccccc1F. The summed E-state index contributed by atoms with van der Waals surface area (Å²) >= 11 is 2.12. The van der Waals surface area contributed by atoms with Crippen LogP contribution in [0, 0.1) is 20.7 Å². The molecule has 0 unspecified atom stereocenters. The Bertz CT molecular complexity index is 1220. The highest BCUT2D eigenvalue weighted by Crippen LogP contribution is 2.46. The molecule has 2 aromatic carbocycles. The third-order valence-corrected chi connectivity index (χ3v) is 6.40. The van der Waals surface area contributed by atoms with Crippen molar-refractivity contribution in [1.82, 2.24) is 0 Å². The van der Waals surface area contributed by atoms with E-state index in [9.17, 15) is 14.4 Å². The maximum atomic E-state index is 14.1. The summed E-state index contributed by atoms with van der Waals surface area (Å²) in [5.74, 6) is 0.428. The van der Waals surface area contributed by atoms with Gasteiger partial charge >= 0.3 is 0 Å². The van der Waals surface area contributed by atoms with Crippen molar-refractivity contribution in [1.29, 1.82) is 5.26 Å². The van der Waals surface area contributed by atoms with E-state index in [1.807, 2.05) is 13.0 Å². The molecule has 0 saturated carbocycles. The van der Waals surface area contributed by atoms with Crippen molar-refractivity contribution in [2.75, 3.05) is 6.61 Å². The van der Waals surface area contributed by atoms with Gasteiger partial charge in [-0.15, -0.1) is 0 Å². The van der Waals surface area contributed by atoms with Gasteiger partial charge in [0, 0.05) is 24.0 Å². The molecule has 2 aliphatic rings. The molecule has 0 radical (unpaired) electrons. The van der Waals surface area contributed by atoms with Crippen LogP contribution in [0.25, 0.3) is 0 Å². The van der Waals surface area contributed by atoms with Crippen LogP contribution in [0.15, 0.2) is 59.2 Å². The van der Waals surface area contributed by atoms with E-state index in [-0.39, 0.29) is 29.7 Å². The largest absolute Gasteiger partial charge is 0.490 e. The predicted molar refractivity (Wildman–Crippen MR) is 128 cm³/mol. The van der Waals surface area contributed by atoms with E-state index in [4.69, 9.17) is 19.9 Å². The minimum atomic E-state index is -0.639. The van der Waals surface area contributed by atoms with Gasteiger partial charge in [-0.05, 0) is 59.7 Å². The summed E-state index contributed by atoms with van der Waals surface area (Å²) in [4.78, 5) is 12.8. The number of carbonyl (C=O) groups is 1. The number of allylic oxidation sites excluding steroid dienone is 3. The molecule has 0 aromatic heterocycles. The molecule has 0 amide bonds. The molecule has 0 spiro atoms. The number of nitrogens with zero attached hydrogens (tertiary/aromatic N) is 1. The van der Waals surface area contributed by atoms with Crippen molar-refractivity contribution in [3.63, 3.8) is 0 Å². The molecule has 1 atom stereocenters. The Morgan fingerprint density at radius 1 is 1.27 bits per heavy atom. The van der Waals surface area contributed by atoms with Gasteiger partial charge in [0.25, 0.3) is 0 Å². The van der Waals surface area contributed by atoms with Crippen LogP contribution in [0.5, 0.6) is 11.5 Å². The van der Waals surface area contributed by atoms with Crippen molar-refractivity contribution in [2.45, 2.75) is 38.7 Å². The van der Waals surface area contributed by atoms with Gasteiger partial charge in [0.05, 0.1) is 16.1 Å². The number of ketones is 1. The predicted octanol–water partition coefficient (Wildman–Crippen LogP) is 5.22. The first-order valence-electron chi connectivity index (χ1n) is 10.6. The molecule has 1 heterocycles. The van der Waals surface area contributed by atoms with Crippen LogP contribution in [-0.4, -0.2) is 12.4 Å². The number of carbonyl (C=O) groups excluding carboxylic acids is 1. The van der Waals surface area contributed by atoms with E-state index in [2.05, 4.69) is 28.7 Å². The highest BCUT2D eigenvalue weighted by atomic mass is 127. The second kappa shape index (κ2) is 9.83. The standard InChI is InChI=1S/C25H22FIN2O4/c1-2-31-21-11-15(10-18(27)24(21)32-13-14-6-3-4-7-17(14)26)22-16(12-28)25(29)33-20-9-5-8-19(30)23(20)22/h3-4,6-7,10-11,22H,2,5,8-9,13,29H2,1H3/t22-/m0/s1. The summed E-state index contributed by atoms with van der Waals surface area (Å²) in [6, 6.07) is 12.1. The number of halogens is 2. The van der Waals surface area contributed by atoms with Gasteiger partial charge < -0.3 is 19.9 Å². The fraction of sp³-hybridized carbons (Fsp3) is 0.280. The molecule has 6 nitrogen and oxygen atoms in total. The van der Waals surface area contributed by atoms with Crippen molar-refractivity contribution in [2.24, 2.45) is 5.73 Å². The van der Waals surface area contributed by atoms with E-state index in [1.165, 1.54) is 6.07 Å². The van der Waals surface area contributed by atoms with Crippen LogP contribution >= 0.6 is 22.6 Å². The molecule has 0 bridgehead atoms. The molecule has 170 valence electrons. The normalized spacial score (nSPS) is 17.9. The molecule has 8 heteroatoms. The van der Waals surface area contributed by atoms with Gasteiger partial charge in [0.2, 0.25) is 5.88 Å². The number of Topliss-reactive ketones (excluding diaryl/α,β-unsaturated/α-hetero) is 1. The van der Waals surface area contributed by atoms with Crippen LogP contribution in [0.1, 0.15) is 43.2 Å². The molecular formula is C25H22FIN2O4. The zero-order chi connectivity index (χ0) is 23.5. The summed E-state index contributed by atoms with van der Waals surface area (Å²) in [6.07, 6.45) is 1.68. The Balaban J connectivity index is 1.77. The number of hydrogen-bond acceptors (Lipinski definition) is 6. The number of nitrogens with two attached hydrogens (primary N) is 1. The lowest BCUT2D eigenvalue weighted by Gasteiger charge is -2.31. The molecule has 2 aromatic rings. The Hall–Kier alpha value is -3.06. The lowest BCUT2D eigenvalue weighted by atomic mass is 9.77. The number of rotatable bonds is 6. The first-order chi connectivity index (χ1) is 15.9. The van der Waals surface area contributed by atoms with Crippen LogP contribution in [0.3, 0.4) is 0 Å². The van der Waals surface area contributed by atoms with Crippen LogP contribution in [0.2, 0.25) is 0 Å². The van der Waals surface area contributed by atoms with Gasteiger partial charge in [-0.25, -0.2) is 4.39 Å². The van der Waals surface area contributed by atoms with Gasteiger partial charge in [-0.1, -0.05) is 18.2 Å². The Morgan fingerprint density at radius 3 is 2.79 bits per heavy atom. The Kier molecular flexibility index (Phi) is 6.88. The van der Waals surface area contributed by atoms with Gasteiger partial charge in [0.15, 0.2) is 17.3 Å². The summed E-state index contributed by atoms with van der Waals surface area (Å²) in [5, 5.41) is 9.81. The average Bonchev–Trinajstić information content (AvgIpc) is 2.79. The van der Waals surface area contributed by atoms with Crippen molar-refractivity contribution in [3.05, 3.63) is 79.7 Å². The monoisotopic (exact) mass is 560 g/mol. The van der Waals surface area contributed by atoms with Crippen molar-refractivity contribution < 1.29 is 23.4 Å². The second-order valence-corrected chi connectivity index (χ2v) is 8.84. The fourth-order valence-corrected chi connectivity index (χ4v) is 4.89. The molecule has 0 saturated heterocycles. The first-order valence-corrected chi connectivity index (χ1v) is 11.7. The Morgan fingerprint density at radius 2 is 2.06 bits per heavy atom. The summed E-state index contributed by atoms with van der Waals surface area (Å²) in [5.41, 5.74) is 7.84. The van der Waals surface area contributed by atoms with E-state index >= 15 is 0 Å². The van der Waals surface area contributed by atoms with Crippen LogP contribution in [0.4, 0.5) is 4.39 Å². The molecule has 1 aliphatic carbocycles. The summed E-state index contributed by atoms with van der Waals surface area (Å²) in [6.45, 7) is 2.25. The lowest BCUT2D eigenvalue weighted by molar-refractivity contribution is -0.116. The number of hydrogen-bond donors (Lipinski definition) is 1. The van der Waals surface area contributed by atoms with Crippen LogP contribution in [-0.2, 0) is 16.1 Å². The third kappa shape index (κ3) is 4.55. The van der Waals surface area contributed by atoms with E-state index < -0.39 is 5.92 Å². The highest BCUT2D eigenvalue weighted by molar-refractivity contribution is 14.1. The summed E-state index contributed by atoms with van der Waals surface area (Å²) in [7, 11) is 0. The van der Waals surface area contributed by atoms with Crippen molar-refractivity contribution in [3.8, 4) is 17.6 Å². The molecule has 0 fully saturated rings. The molecule has 2 N–H and O–H groups in total. The minimum Gasteiger partial charge on any atom is -0.490 e. The number of benzene rings is 2. The average molecular weight is 560 g/mol. The molecule has 33 heavy (non-hydrogen) atoms. The zero-order valence-electron chi connectivity index (χ0n) is 18.0. The smallest absolute Gasteiger partial charge is 0.205 e. The van der Waals surface area contributed by atoms with Gasteiger partial charge in [-0.3, -0.25) is 4.79 Å². The van der Waals surface area contributed by atoms with E-state index in [0.29, 0.717) is 63.4 Å².